The highest BCUT2D eigenvalue weighted by Gasteiger charge is 2.47. The number of allylic oxidation sites excluding steroid dienone is 8. The van der Waals surface area contributed by atoms with E-state index >= 15 is 0 Å². The summed E-state index contributed by atoms with van der Waals surface area (Å²) >= 11 is 0. The minimum atomic E-state index is -2.26. The maximum atomic E-state index is 13.9. The van der Waals surface area contributed by atoms with Crippen LogP contribution in [0.2, 0.25) is 36.3 Å². The SMILES string of the molecule is C/C=C/[C@@H](O[Si](C)(C)C(C)(C)C)C(C)(C)[C@@H]1CC#C/C=C\C=C\[C@@H](OC)Cc2nc(co2)C(=O)O[C@H](C(C)(C)[C@@H](/C=C/C)O[Si](C)(C)C(C)(C)C)CC#C/C=C\C=C\[C@@H](OC)Cc2nc(co2)C(=O)O1. The Bertz CT molecular complexity index is 2160. The molecule has 3 heterocycles. The van der Waals surface area contributed by atoms with E-state index in [9.17, 15) is 9.59 Å². The standard InChI is InChI=1S/C56H82N2O10Si2/c1-19-31-47(67-69(15,16)53(3,4)5)55(9,10)45-35-29-25-21-23-27-33-42(62-14)38-50-58-44(40-64-50)52(60)66-46(56(11,12)48(32-20-2)68-70(17,18)54(6,7)8)36-30-26-22-24-28-34-41(61-13)37-49-57-43(39-63-49)51(59)65-45/h19-24,27-28,31-34,39-42,45-48H,35-38H2,1-18H3/b23-21-,24-22-,31-19+,32-20+,33-27+,34-28+/t41-,42-,45+,46+,47-,48-/m1/s1. The van der Waals surface area contributed by atoms with E-state index in [1.54, 1.807) is 38.5 Å². The van der Waals surface area contributed by atoms with Crippen LogP contribution in [-0.2, 0) is 40.6 Å². The first-order valence-corrected chi connectivity index (χ1v) is 30.1. The molecule has 0 aliphatic carbocycles. The Morgan fingerprint density at radius 3 is 1.29 bits per heavy atom. The molecule has 0 aromatic carbocycles. The fourth-order valence-electron chi connectivity index (χ4n) is 6.68. The molecular formula is C56H82N2O10Si2. The maximum absolute atomic E-state index is 13.9. The summed E-state index contributed by atoms with van der Waals surface area (Å²) in [6, 6.07) is 0. The van der Waals surface area contributed by atoms with E-state index in [0.717, 1.165) is 0 Å². The summed E-state index contributed by atoms with van der Waals surface area (Å²) in [4.78, 5) is 36.8. The predicted molar refractivity (Wildman–Crippen MR) is 283 cm³/mol. The molecule has 2 aromatic rings. The Morgan fingerprint density at radius 2 is 0.971 bits per heavy atom. The van der Waals surface area contributed by atoms with Crippen LogP contribution in [-0.4, -0.2) is 89.4 Å². The first-order chi connectivity index (χ1) is 32.6. The van der Waals surface area contributed by atoms with Crippen molar-refractivity contribution in [1.82, 2.24) is 9.97 Å². The minimum absolute atomic E-state index is 0.0415. The second-order valence-corrected chi connectivity index (χ2v) is 31.3. The summed E-state index contributed by atoms with van der Waals surface area (Å²) in [5, 5.41) is -0.104. The third kappa shape index (κ3) is 17.2. The van der Waals surface area contributed by atoms with Crippen molar-refractivity contribution in [3.8, 4) is 23.7 Å². The summed E-state index contributed by atoms with van der Waals surface area (Å²) in [5.41, 5.74) is -1.33. The summed E-state index contributed by atoms with van der Waals surface area (Å²) in [7, 11) is -1.35. The van der Waals surface area contributed by atoms with Gasteiger partial charge in [-0.2, -0.15) is 0 Å². The largest absolute Gasteiger partial charge is 0.456 e. The number of fused-ring (bicyclic) bond motifs is 4. The number of oxazole rings is 2. The monoisotopic (exact) mass is 999 g/mol. The van der Waals surface area contributed by atoms with Gasteiger partial charge in [-0.25, -0.2) is 19.6 Å². The quantitative estimate of drug-likeness (QED) is 0.0864. The first kappa shape index (κ1) is 59.5. The number of carbonyl (C=O) groups is 2. The lowest BCUT2D eigenvalue weighted by molar-refractivity contribution is -0.0416. The minimum Gasteiger partial charge on any atom is -0.456 e. The van der Waals surface area contributed by atoms with Gasteiger partial charge in [0.2, 0.25) is 0 Å². The number of cyclic esters (lactones) is 2. The van der Waals surface area contributed by atoms with Crippen LogP contribution in [0.3, 0.4) is 0 Å². The van der Waals surface area contributed by atoms with Crippen LogP contribution in [0.1, 0.15) is 129 Å². The third-order valence-electron chi connectivity index (χ3n) is 13.7. The summed E-state index contributed by atoms with van der Waals surface area (Å²) in [6.07, 6.45) is 22.9. The van der Waals surface area contributed by atoms with E-state index in [0.29, 0.717) is 11.8 Å². The first-order valence-electron chi connectivity index (χ1n) is 24.2. The number of rotatable bonds is 12. The zero-order chi connectivity index (χ0) is 52.6. The van der Waals surface area contributed by atoms with Crippen LogP contribution in [0.5, 0.6) is 0 Å². The Kier molecular flexibility index (Phi) is 22.1. The molecule has 0 radical (unpaired) electrons. The molecule has 14 heteroatoms. The fraction of sp³-hybridized carbons (Fsp3) is 0.571. The Balaban J connectivity index is 2.05. The number of hydrogen-bond acceptors (Lipinski definition) is 12. The average molecular weight is 999 g/mol. The van der Waals surface area contributed by atoms with Gasteiger partial charge in [0.1, 0.15) is 24.7 Å². The van der Waals surface area contributed by atoms with Crippen molar-refractivity contribution in [2.24, 2.45) is 10.8 Å². The van der Waals surface area contributed by atoms with Gasteiger partial charge < -0.3 is 36.6 Å². The number of nitrogens with zero attached hydrogens (tertiary/aromatic N) is 2. The van der Waals surface area contributed by atoms with Gasteiger partial charge in [-0.1, -0.05) is 154 Å². The van der Waals surface area contributed by atoms with Crippen LogP contribution >= 0.6 is 0 Å². The lowest BCUT2D eigenvalue weighted by Crippen LogP contribution is -2.51. The van der Waals surface area contributed by atoms with Gasteiger partial charge in [0.25, 0.3) is 0 Å². The molecule has 4 bridgehead atoms. The molecule has 6 atom stereocenters. The van der Waals surface area contributed by atoms with E-state index in [1.165, 1.54) is 12.5 Å². The number of aromatic nitrogens is 2. The van der Waals surface area contributed by atoms with Crippen molar-refractivity contribution in [3.63, 3.8) is 0 Å². The van der Waals surface area contributed by atoms with Crippen molar-refractivity contribution in [1.29, 1.82) is 0 Å². The van der Waals surface area contributed by atoms with E-state index in [-0.39, 0.29) is 59.4 Å². The van der Waals surface area contributed by atoms with Crippen molar-refractivity contribution in [2.45, 2.75) is 182 Å². The number of carbonyl (C=O) groups excluding carboxylic acids is 2. The molecule has 0 saturated carbocycles. The van der Waals surface area contributed by atoms with Gasteiger partial charge in [0, 0.05) is 37.9 Å². The lowest BCUT2D eigenvalue weighted by Gasteiger charge is -2.45. The molecule has 0 N–H and O–H groups in total. The Morgan fingerprint density at radius 1 is 0.614 bits per heavy atom. The lowest BCUT2D eigenvalue weighted by atomic mass is 9.79. The van der Waals surface area contributed by atoms with E-state index in [1.807, 2.05) is 90.2 Å². The molecule has 1 aliphatic rings. The predicted octanol–water partition coefficient (Wildman–Crippen LogP) is 12.5. The third-order valence-corrected chi connectivity index (χ3v) is 22.6. The number of ether oxygens (including phenoxy) is 4. The van der Waals surface area contributed by atoms with Crippen LogP contribution < -0.4 is 0 Å². The average Bonchev–Trinajstić information content (AvgIpc) is 3.95. The van der Waals surface area contributed by atoms with Gasteiger partial charge in [-0.05, 0) is 62.3 Å². The van der Waals surface area contributed by atoms with E-state index in [2.05, 4.69) is 101 Å². The zero-order valence-electron chi connectivity index (χ0n) is 45.4. The van der Waals surface area contributed by atoms with Crippen molar-refractivity contribution in [2.75, 3.05) is 14.2 Å². The second kappa shape index (κ2) is 26.1. The topological polar surface area (TPSA) is 142 Å². The maximum Gasteiger partial charge on any atom is 0.360 e. The number of hydrogen-bond donors (Lipinski definition) is 0. The molecule has 3 rings (SSSR count). The van der Waals surface area contributed by atoms with Gasteiger partial charge in [0.05, 0.1) is 37.3 Å². The molecule has 0 spiro atoms. The Labute approximate surface area is 422 Å². The normalized spacial score (nSPS) is 22.9. The Hall–Kier alpha value is -4.81. The molecule has 384 valence electrons. The van der Waals surface area contributed by atoms with Gasteiger partial charge >= 0.3 is 11.9 Å². The molecule has 0 unspecified atom stereocenters. The van der Waals surface area contributed by atoms with Crippen molar-refractivity contribution in [3.05, 3.63) is 109 Å². The smallest absolute Gasteiger partial charge is 0.360 e. The van der Waals surface area contributed by atoms with Crippen LogP contribution in [0.25, 0.3) is 0 Å². The highest BCUT2D eigenvalue weighted by atomic mass is 28.4. The highest BCUT2D eigenvalue weighted by Crippen LogP contribution is 2.44. The summed E-state index contributed by atoms with van der Waals surface area (Å²) in [6.45, 7) is 34.1. The van der Waals surface area contributed by atoms with Gasteiger partial charge in [0.15, 0.2) is 39.8 Å². The van der Waals surface area contributed by atoms with Crippen LogP contribution in [0.4, 0.5) is 0 Å². The molecule has 0 amide bonds. The summed E-state index contributed by atoms with van der Waals surface area (Å²) in [5.74, 6) is 12.0. The summed E-state index contributed by atoms with van der Waals surface area (Å²) < 4.78 is 49.5. The zero-order valence-corrected chi connectivity index (χ0v) is 47.4. The van der Waals surface area contributed by atoms with E-state index < -0.39 is 63.8 Å². The van der Waals surface area contributed by atoms with Gasteiger partial charge in [-0.15, -0.1) is 0 Å². The molecule has 0 saturated heterocycles. The van der Waals surface area contributed by atoms with E-state index in [4.69, 9.17) is 36.6 Å². The van der Waals surface area contributed by atoms with Crippen LogP contribution in [0, 0.1) is 34.5 Å². The number of methoxy groups -OCH3 is 2. The second-order valence-electron chi connectivity index (χ2n) is 21.8. The van der Waals surface area contributed by atoms with Crippen molar-refractivity contribution >= 4 is 28.6 Å². The molecule has 70 heavy (non-hydrogen) atoms. The van der Waals surface area contributed by atoms with Crippen molar-refractivity contribution < 1.29 is 46.2 Å². The number of esters is 2. The molecule has 12 nitrogen and oxygen atoms in total. The molecule has 2 aromatic heterocycles. The molecule has 1 aliphatic heterocycles. The highest BCUT2D eigenvalue weighted by molar-refractivity contribution is 6.74. The van der Waals surface area contributed by atoms with Crippen LogP contribution in [0.15, 0.2) is 94.3 Å². The fourth-order valence-corrected chi connectivity index (χ4v) is 9.42. The molecule has 0 fully saturated rings. The molecular weight excluding hydrogens is 917 g/mol. The van der Waals surface area contributed by atoms with Gasteiger partial charge in [-0.3, -0.25) is 0 Å².